The monoisotopic (exact) mass is 420 g/mol. The number of nitrogens with zero attached hydrogens (tertiary/aromatic N) is 1. The Hall–Kier alpha value is -0.760. The summed E-state index contributed by atoms with van der Waals surface area (Å²) in [4.78, 5) is 2.19. The second kappa shape index (κ2) is 11.2. The highest BCUT2D eigenvalue weighted by atomic mass is 35.5. The molecule has 1 aromatic rings. The molecule has 1 aliphatic rings. The Bertz CT molecular complexity index is 529. The lowest BCUT2D eigenvalue weighted by Crippen LogP contribution is -2.45. The summed E-state index contributed by atoms with van der Waals surface area (Å²) in [6.45, 7) is 7.27. The minimum absolute atomic E-state index is 0. The van der Waals surface area contributed by atoms with Crippen LogP contribution in [0.4, 0.5) is 17.6 Å². The number of halogens is 6. The van der Waals surface area contributed by atoms with Crippen molar-refractivity contribution in [1.82, 2.24) is 10.2 Å². The molecule has 0 bridgehead atoms. The number of rotatable bonds is 7. The van der Waals surface area contributed by atoms with Crippen molar-refractivity contribution in [3.05, 3.63) is 29.8 Å². The van der Waals surface area contributed by atoms with E-state index in [9.17, 15) is 17.6 Å². The summed E-state index contributed by atoms with van der Waals surface area (Å²) in [5.41, 5.74) is 0.536. The van der Waals surface area contributed by atoms with Gasteiger partial charge in [0.05, 0.1) is 0 Å². The van der Waals surface area contributed by atoms with E-state index in [2.05, 4.69) is 15.0 Å². The van der Waals surface area contributed by atoms with Crippen LogP contribution in [0.3, 0.4) is 0 Å². The molecule has 9 heteroatoms. The molecule has 26 heavy (non-hydrogen) atoms. The lowest BCUT2D eigenvalue weighted by molar-refractivity contribution is -0.253. The number of hydrogen-bond acceptors (Lipinski definition) is 3. The number of ether oxygens (including phenoxy) is 1. The predicted octanol–water partition coefficient (Wildman–Crippen LogP) is 4.76. The van der Waals surface area contributed by atoms with E-state index < -0.39 is 12.5 Å². The molecule has 1 aliphatic heterocycles. The summed E-state index contributed by atoms with van der Waals surface area (Å²) in [5, 5.41) is 3.25. The van der Waals surface area contributed by atoms with Crippen LogP contribution in [0.25, 0.3) is 0 Å². The molecule has 0 spiro atoms. The molecule has 1 heterocycles. The number of nitrogens with one attached hydrogen (secondary N) is 1. The zero-order valence-electron chi connectivity index (χ0n) is 14.8. The van der Waals surface area contributed by atoms with E-state index in [4.69, 9.17) is 0 Å². The van der Waals surface area contributed by atoms with Crippen molar-refractivity contribution in [2.24, 2.45) is 5.92 Å². The summed E-state index contributed by atoms with van der Waals surface area (Å²) in [5.74, 6) is 0.153. The van der Waals surface area contributed by atoms with Crippen molar-refractivity contribution in [1.29, 1.82) is 0 Å². The van der Waals surface area contributed by atoms with Gasteiger partial charge in [-0.1, -0.05) is 32.0 Å². The molecule has 0 aromatic heterocycles. The van der Waals surface area contributed by atoms with Crippen molar-refractivity contribution in [2.75, 3.05) is 26.2 Å². The lowest BCUT2D eigenvalue weighted by atomic mass is 9.94. The number of piperazine rings is 1. The molecule has 3 nitrogen and oxygen atoms in total. The summed E-state index contributed by atoms with van der Waals surface area (Å²) in [7, 11) is 0. The zero-order chi connectivity index (χ0) is 17.7. The number of para-hydroxylation sites is 1. The van der Waals surface area contributed by atoms with Crippen LogP contribution in [0.5, 0.6) is 5.75 Å². The molecular formula is C17H26Cl2F4N2O. The number of hydrogen-bond donors (Lipinski definition) is 1. The van der Waals surface area contributed by atoms with Crippen molar-refractivity contribution in [3.8, 4) is 5.75 Å². The molecule has 0 radical (unpaired) electrons. The first-order valence-corrected chi connectivity index (χ1v) is 8.20. The van der Waals surface area contributed by atoms with Crippen LogP contribution in [0.15, 0.2) is 24.3 Å². The molecule has 2 rings (SSSR count). The summed E-state index contributed by atoms with van der Waals surface area (Å²) in [6.07, 6.45) is -7.63. The molecule has 1 atom stereocenters. The van der Waals surface area contributed by atoms with Gasteiger partial charge in [-0.15, -0.1) is 24.8 Å². The van der Waals surface area contributed by atoms with Gasteiger partial charge < -0.3 is 10.1 Å². The lowest BCUT2D eigenvalue weighted by Gasteiger charge is -2.37. The van der Waals surface area contributed by atoms with E-state index in [1.165, 1.54) is 12.1 Å². The van der Waals surface area contributed by atoms with E-state index >= 15 is 0 Å². The van der Waals surface area contributed by atoms with Crippen LogP contribution in [0.2, 0.25) is 0 Å². The normalized spacial score (nSPS) is 16.8. The van der Waals surface area contributed by atoms with Crippen LogP contribution >= 0.6 is 24.8 Å². The minimum atomic E-state index is -4.50. The fraction of sp³-hybridized carbons (Fsp3) is 0.647. The van der Waals surface area contributed by atoms with Crippen molar-refractivity contribution in [2.45, 2.75) is 38.8 Å². The number of benzene rings is 1. The largest absolute Gasteiger partial charge is 0.461 e. The minimum Gasteiger partial charge on any atom is -0.428 e. The summed E-state index contributed by atoms with van der Waals surface area (Å²) in [6, 6.07) is 6.12. The molecule has 1 saturated heterocycles. The van der Waals surface area contributed by atoms with Crippen LogP contribution < -0.4 is 10.1 Å². The van der Waals surface area contributed by atoms with E-state index in [0.717, 1.165) is 32.6 Å². The molecule has 152 valence electrons. The van der Waals surface area contributed by atoms with E-state index in [-0.39, 0.29) is 36.6 Å². The van der Waals surface area contributed by atoms with Gasteiger partial charge in [-0.25, -0.2) is 0 Å². The van der Waals surface area contributed by atoms with Gasteiger partial charge >= 0.3 is 12.5 Å². The molecule has 1 N–H and O–H groups in total. The third-order valence-corrected chi connectivity index (χ3v) is 4.07. The van der Waals surface area contributed by atoms with Gasteiger partial charge in [-0.3, -0.25) is 4.90 Å². The average Bonchev–Trinajstić information content (AvgIpc) is 2.53. The van der Waals surface area contributed by atoms with E-state index in [0.29, 0.717) is 11.5 Å². The Labute approximate surface area is 164 Å². The van der Waals surface area contributed by atoms with E-state index in [1.54, 1.807) is 12.1 Å². The highest BCUT2D eigenvalue weighted by Crippen LogP contribution is 2.37. The molecule has 1 fully saturated rings. The van der Waals surface area contributed by atoms with Gasteiger partial charge in [0, 0.05) is 37.8 Å². The smallest absolute Gasteiger partial charge is 0.428 e. The first kappa shape index (κ1) is 25.2. The quantitative estimate of drug-likeness (QED) is 0.643. The van der Waals surface area contributed by atoms with Crippen molar-refractivity contribution >= 4 is 24.8 Å². The Morgan fingerprint density at radius 2 is 1.69 bits per heavy atom. The molecule has 0 amide bonds. The Morgan fingerprint density at radius 3 is 2.23 bits per heavy atom. The molecule has 0 saturated carbocycles. The molecule has 0 unspecified atom stereocenters. The van der Waals surface area contributed by atoms with Gasteiger partial charge in [-0.2, -0.15) is 17.6 Å². The van der Waals surface area contributed by atoms with Crippen molar-refractivity contribution in [3.63, 3.8) is 0 Å². The maximum Gasteiger partial charge on any atom is 0.461 e. The topological polar surface area (TPSA) is 24.5 Å². The summed E-state index contributed by atoms with van der Waals surface area (Å²) < 4.78 is 56.2. The maximum absolute atomic E-state index is 13.4. The van der Waals surface area contributed by atoms with Gasteiger partial charge in [-0.05, 0) is 18.4 Å². The zero-order valence-corrected chi connectivity index (χ0v) is 16.4. The van der Waals surface area contributed by atoms with Crippen LogP contribution in [0.1, 0.15) is 31.9 Å². The highest BCUT2D eigenvalue weighted by molar-refractivity contribution is 5.85. The van der Waals surface area contributed by atoms with Crippen LogP contribution in [-0.2, 0) is 0 Å². The number of alkyl halides is 4. The Morgan fingerprint density at radius 1 is 1.12 bits per heavy atom. The SMILES string of the molecule is CC(C)C[C@H](c1ccccc1OC(F)(F)C(F)F)N1CCNCC1.Cl.Cl. The summed E-state index contributed by atoms with van der Waals surface area (Å²) >= 11 is 0. The first-order valence-electron chi connectivity index (χ1n) is 8.20. The molecule has 0 aliphatic carbocycles. The third kappa shape index (κ3) is 6.76. The van der Waals surface area contributed by atoms with Crippen LogP contribution in [-0.4, -0.2) is 43.6 Å². The van der Waals surface area contributed by atoms with Gasteiger partial charge in [0.25, 0.3) is 0 Å². The van der Waals surface area contributed by atoms with Crippen LogP contribution in [0, 0.1) is 5.92 Å². The Kier molecular flexibility index (Phi) is 10.8. The second-order valence-electron chi connectivity index (χ2n) is 6.43. The maximum atomic E-state index is 13.4. The fourth-order valence-corrected chi connectivity index (χ4v) is 2.95. The van der Waals surface area contributed by atoms with Gasteiger partial charge in [0.15, 0.2) is 0 Å². The highest BCUT2D eigenvalue weighted by Gasteiger charge is 2.44. The predicted molar refractivity (Wildman–Crippen MR) is 99.2 cm³/mol. The standard InChI is InChI=1S/C17H24F4N2O.2ClH/c1-12(2)11-14(23-9-7-22-8-10-23)13-5-3-4-6-15(13)24-17(20,21)16(18)19;;/h3-6,12,14,16,22H,7-11H2,1-2H3;2*1H/t14-;;/m1../s1. The third-order valence-electron chi connectivity index (χ3n) is 4.07. The average molecular weight is 421 g/mol. The first-order chi connectivity index (χ1) is 11.3. The molecular weight excluding hydrogens is 395 g/mol. The second-order valence-corrected chi connectivity index (χ2v) is 6.43. The Balaban J connectivity index is 0.00000312. The fourth-order valence-electron chi connectivity index (χ4n) is 2.95. The van der Waals surface area contributed by atoms with Gasteiger partial charge in [0.2, 0.25) is 0 Å². The molecule has 1 aromatic carbocycles. The van der Waals surface area contributed by atoms with Gasteiger partial charge in [0.1, 0.15) is 5.75 Å². The van der Waals surface area contributed by atoms with Crippen molar-refractivity contribution < 1.29 is 22.3 Å². The van der Waals surface area contributed by atoms with E-state index in [1.807, 2.05) is 13.8 Å².